The molecule has 0 atom stereocenters. The summed E-state index contributed by atoms with van der Waals surface area (Å²) in [5.41, 5.74) is 2.46. The summed E-state index contributed by atoms with van der Waals surface area (Å²) in [5.74, 6) is 0. The first-order valence-corrected chi connectivity index (χ1v) is 7.54. The second-order valence-electron chi connectivity index (χ2n) is 5.56. The Balaban J connectivity index is 2.08. The Morgan fingerprint density at radius 1 is 0.591 bits per heavy atom. The second-order valence-corrected chi connectivity index (χ2v) is 5.56. The summed E-state index contributed by atoms with van der Waals surface area (Å²) >= 11 is 0. The number of anilines is 2. The third-order valence-corrected chi connectivity index (χ3v) is 4.22. The molecule has 0 unspecified atom stereocenters. The third-order valence-electron chi connectivity index (χ3n) is 4.22. The van der Waals surface area contributed by atoms with Crippen molar-refractivity contribution < 1.29 is 0 Å². The molecule has 4 rings (SSSR count). The van der Waals surface area contributed by atoms with Crippen LogP contribution in [0.25, 0.3) is 21.5 Å². The summed E-state index contributed by atoms with van der Waals surface area (Å²) in [4.78, 5) is 2.28. The lowest BCUT2D eigenvalue weighted by molar-refractivity contribution is 1.45. The number of hydrogen-bond donors (Lipinski definition) is 0. The zero-order valence-electron chi connectivity index (χ0n) is 12.5. The highest BCUT2D eigenvalue weighted by Crippen LogP contribution is 2.37. The van der Waals surface area contributed by atoms with Crippen molar-refractivity contribution in [3.63, 3.8) is 0 Å². The fourth-order valence-electron chi connectivity index (χ4n) is 3.13. The Morgan fingerprint density at radius 3 is 1.68 bits per heavy atom. The van der Waals surface area contributed by atoms with E-state index in [4.69, 9.17) is 0 Å². The van der Waals surface area contributed by atoms with Crippen LogP contribution in [0.2, 0.25) is 0 Å². The Labute approximate surface area is 131 Å². The van der Waals surface area contributed by atoms with Gasteiger partial charge in [-0.1, -0.05) is 66.7 Å². The number of rotatable bonds is 2. The summed E-state index contributed by atoms with van der Waals surface area (Å²) in [6.07, 6.45) is 0. The fourth-order valence-corrected chi connectivity index (χ4v) is 3.13. The van der Waals surface area contributed by atoms with Crippen LogP contribution >= 0.6 is 0 Å². The first-order valence-electron chi connectivity index (χ1n) is 7.54. The van der Waals surface area contributed by atoms with Crippen LogP contribution in [-0.2, 0) is 0 Å². The Bertz CT molecular complexity index is 893. The normalized spacial score (nSPS) is 10.9. The van der Waals surface area contributed by atoms with E-state index in [9.17, 15) is 0 Å². The Hall–Kier alpha value is -2.74. The lowest BCUT2D eigenvalue weighted by Gasteiger charge is -2.24. The van der Waals surface area contributed by atoms with Gasteiger partial charge < -0.3 is 4.81 Å². The number of hydrogen-bond acceptors (Lipinski definition) is 1. The van der Waals surface area contributed by atoms with Crippen LogP contribution < -0.4 is 4.81 Å². The maximum absolute atomic E-state index is 2.28. The summed E-state index contributed by atoms with van der Waals surface area (Å²) in [5, 5.41) is 5.12. The monoisotopic (exact) mass is 281 g/mol. The predicted molar refractivity (Wildman–Crippen MR) is 98.6 cm³/mol. The minimum absolute atomic E-state index is 1.20. The molecule has 0 radical (unpaired) electrons. The first kappa shape index (κ1) is 13.0. The van der Waals surface area contributed by atoms with E-state index in [1.807, 2.05) is 0 Å². The Kier molecular flexibility index (Phi) is 3.08. The summed E-state index contributed by atoms with van der Waals surface area (Å²) < 4.78 is 0. The average molecular weight is 281 g/mol. The highest BCUT2D eigenvalue weighted by Gasteiger charge is 2.12. The van der Waals surface area contributed by atoms with Gasteiger partial charge in [0, 0.05) is 22.1 Å². The van der Waals surface area contributed by atoms with Crippen molar-refractivity contribution in [1.82, 2.24) is 0 Å². The summed E-state index contributed by atoms with van der Waals surface area (Å²) in [6, 6.07) is 30.0. The minimum atomic E-state index is 1.20. The lowest BCUT2D eigenvalue weighted by atomic mass is 9.98. The molecule has 0 aromatic heterocycles. The van der Waals surface area contributed by atoms with E-state index in [2.05, 4.69) is 97.7 Å². The highest BCUT2D eigenvalue weighted by molar-refractivity contribution is 6.29. The molecule has 0 fully saturated rings. The number of para-hydroxylation sites is 1. The van der Waals surface area contributed by atoms with E-state index in [-0.39, 0.29) is 0 Å². The van der Waals surface area contributed by atoms with E-state index in [1.165, 1.54) is 32.9 Å². The molecule has 22 heavy (non-hydrogen) atoms. The van der Waals surface area contributed by atoms with E-state index < -0.39 is 0 Å². The molecule has 0 amide bonds. The molecular formula is C20H16BN. The van der Waals surface area contributed by atoms with Crippen molar-refractivity contribution >= 4 is 40.9 Å². The van der Waals surface area contributed by atoms with Crippen LogP contribution in [-0.4, -0.2) is 7.98 Å². The number of nitrogens with zero attached hydrogens (tertiary/aromatic N) is 1. The van der Waals surface area contributed by atoms with Gasteiger partial charge in [-0.05, 0) is 29.0 Å². The second kappa shape index (κ2) is 5.23. The van der Waals surface area contributed by atoms with Gasteiger partial charge >= 0.3 is 0 Å². The fraction of sp³-hybridized carbons (Fsp3) is 0. The van der Waals surface area contributed by atoms with Gasteiger partial charge in [-0.2, -0.15) is 0 Å². The minimum Gasteiger partial charge on any atom is -0.393 e. The van der Waals surface area contributed by atoms with Gasteiger partial charge in [-0.3, -0.25) is 0 Å². The third kappa shape index (κ3) is 2.04. The molecule has 0 heterocycles. The number of fused-ring (bicyclic) bond motifs is 2. The summed E-state index contributed by atoms with van der Waals surface area (Å²) in [6.45, 7) is 0. The van der Waals surface area contributed by atoms with Crippen molar-refractivity contribution in [2.45, 2.75) is 0 Å². The van der Waals surface area contributed by atoms with Gasteiger partial charge in [0.05, 0.1) is 0 Å². The van der Waals surface area contributed by atoms with Gasteiger partial charge in [0.1, 0.15) is 0 Å². The lowest BCUT2D eigenvalue weighted by Crippen LogP contribution is -2.12. The maximum Gasteiger partial charge on any atom is 0.223 e. The molecule has 0 bridgehead atoms. The van der Waals surface area contributed by atoms with Crippen LogP contribution in [0.4, 0.5) is 11.4 Å². The van der Waals surface area contributed by atoms with Crippen LogP contribution in [0.3, 0.4) is 0 Å². The standard InChI is InChI=1S/C20H16BN/c21-22(17-10-2-1-3-11-17)20-18-12-6-4-8-15(18)14-16-9-5-7-13-19(16)20/h1-14H,21H2. The molecule has 1 nitrogen and oxygen atoms in total. The quantitative estimate of drug-likeness (QED) is 0.381. The molecule has 4 aromatic carbocycles. The largest absolute Gasteiger partial charge is 0.393 e. The molecule has 0 saturated carbocycles. The van der Waals surface area contributed by atoms with Crippen molar-refractivity contribution in [1.29, 1.82) is 0 Å². The smallest absolute Gasteiger partial charge is 0.223 e. The number of benzene rings is 4. The van der Waals surface area contributed by atoms with Crippen LogP contribution in [0.1, 0.15) is 0 Å². The van der Waals surface area contributed by atoms with Crippen molar-refractivity contribution in [2.24, 2.45) is 0 Å². The van der Waals surface area contributed by atoms with Gasteiger partial charge in [-0.25, -0.2) is 0 Å². The van der Waals surface area contributed by atoms with Crippen molar-refractivity contribution in [2.75, 3.05) is 4.81 Å². The maximum atomic E-state index is 2.28. The molecular weight excluding hydrogens is 265 g/mol. The van der Waals surface area contributed by atoms with Crippen molar-refractivity contribution in [3.8, 4) is 0 Å². The molecule has 0 aliphatic carbocycles. The van der Waals surface area contributed by atoms with Gasteiger partial charge in [0.25, 0.3) is 0 Å². The molecule has 0 aliphatic rings. The van der Waals surface area contributed by atoms with Gasteiger partial charge in [0.2, 0.25) is 7.98 Å². The van der Waals surface area contributed by atoms with Crippen molar-refractivity contribution in [3.05, 3.63) is 84.9 Å². The molecule has 0 aliphatic heterocycles. The highest BCUT2D eigenvalue weighted by atomic mass is 15.0. The zero-order valence-corrected chi connectivity index (χ0v) is 12.5. The van der Waals surface area contributed by atoms with E-state index in [1.54, 1.807) is 0 Å². The SMILES string of the molecule is BN(c1ccccc1)c1c2ccccc2cc2ccccc12. The molecule has 104 valence electrons. The topological polar surface area (TPSA) is 3.24 Å². The average Bonchev–Trinajstić information content (AvgIpc) is 2.60. The first-order chi connectivity index (χ1) is 10.8. The molecule has 0 saturated heterocycles. The molecule has 2 heteroatoms. The van der Waals surface area contributed by atoms with Crippen LogP contribution in [0.15, 0.2) is 84.9 Å². The van der Waals surface area contributed by atoms with Gasteiger partial charge in [0.15, 0.2) is 0 Å². The van der Waals surface area contributed by atoms with E-state index in [0.717, 1.165) is 0 Å². The molecule has 0 spiro atoms. The van der Waals surface area contributed by atoms with Gasteiger partial charge in [-0.15, -0.1) is 0 Å². The van der Waals surface area contributed by atoms with Crippen LogP contribution in [0.5, 0.6) is 0 Å². The Morgan fingerprint density at radius 2 is 1.09 bits per heavy atom. The zero-order chi connectivity index (χ0) is 14.9. The molecule has 4 aromatic rings. The predicted octanol–water partition coefficient (Wildman–Crippen LogP) is 4.68. The van der Waals surface area contributed by atoms with Crippen LogP contribution in [0, 0.1) is 0 Å². The van der Waals surface area contributed by atoms with E-state index in [0.29, 0.717) is 0 Å². The molecule has 0 N–H and O–H groups in total. The summed E-state index contributed by atoms with van der Waals surface area (Å²) in [7, 11) is 2.14. The van der Waals surface area contributed by atoms with E-state index >= 15 is 0 Å².